The van der Waals surface area contributed by atoms with Gasteiger partial charge in [-0.1, -0.05) is 6.07 Å². The number of phenols is 1. The van der Waals surface area contributed by atoms with Crippen LogP contribution in [-0.4, -0.2) is 31.9 Å². The van der Waals surface area contributed by atoms with Crippen molar-refractivity contribution in [1.82, 2.24) is 10.6 Å². The molecule has 1 fully saturated rings. The van der Waals surface area contributed by atoms with Gasteiger partial charge in [0.1, 0.15) is 11.5 Å². The van der Waals surface area contributed by atoms with Crippen molar-refractivity contribution in [3.63, 3.8) is 0 Å². The summed E-state index contributed by atoms with van der Waals surface area (Å²) in [5.41, 5.74) is 0.919. The summed E-state index contributed by atoms with van der Waals surface area (Å²) in [5.74, 6) is 0.968. The van der Waals surface area contributed by atoms with Crippen LogP contribution >= 0.6 is 12.4 Å². The van der Waals surface area contributed by atoms with Gasteiger partial charge in [-0.05, 0) is 6.07 Å². The van der Waals surface area contributed by atoms with E-state index in [1.165, 1.54) is 0 Å². The molecule has 1 aliphatic rings. The van der Waals surface area contributed by atoms with Gasteiger partial charge in [-0.15, -0.1) is 12.4 Å². The van der Waals surface area contributed by atoms with Crippen LogP contribution in [0.4, 0.5) is 0 Å². The maximum absolute atomic E-state index is 9.83. The van der Waals surface area contributed by atoms with Gasteiger partial charge in [-0.25, -0.2) is 0 Å². The molecule has 4 nitrogen and oxygen atoms in total. The number of piperazine rings is 1. The van der Waals surface area contributed by atoms with Gasteiger partial charge >= 0.3 is 0 Å². The molecular formula is C11H17ClN2O2. The third kappa shape index (κ3) is 2.78. The lowest BCUT2D eigenvalue weighted by Crippen LogP contribution is -2.42. The Hall–Kier alpha value is -0.970. The van der Waals surface area contributed by atoms with Crippen LogP contribution in [0.3, 0.4) is 0 Å². The summed E-state index contributed by atoms with van der Waals surface area (Å²) < 4.78 is 5.04. The third-order valence-corrected chi connectivity index (χ3v) is 2.65. The summed E-state index contributed by atoms with van der Waals surface area (Å²) in [6.45, 7) is 2.75. The van der Waals surface area contributed by atoms with E-state index in [0.29, 0.717) is 5.75 Å². The fourth-order valence-electron chi connectivity index (χ4n) is 1.82. The molecule has 16 heavy (non-hydrogen) atoms. The van der Waals surface area contributed by atoms with Crippen molar-refractivity contribution in [2.24, 2.45) is 0 Å². The second-order valence-corrected chi connectivity index (χ2v) is 3.64. The number of benzene rings is 1. The van der Waals surface area contributed by atoms with Crippen molar-refractivity contribution in [2.45, 2.75) is 6.04 Å². The molecule has 1 aromatic rings. The largest absolute Gasteiger partial charge is 0.507 e. The number of aromatic hydroxyl groups is 1. The second-order valence-electron chi connectivity index (χ2n) is 3.64. The van der Waals surface area contributed by atoms with Gasteiger partial charge in [0.15, 0.2) is 0 Å². The third-order valence-electron chi connectivity index (χ3n) is 2.65. The van der Waals surface area contributed by atoms with Crippen molar-refractivity contribution in [3.05, 3.63) is 23.8 Å². The Morgan fingerprint density at radius 1 is 1.38 bits per heavy atom. The monoisotopic (exact) mass is 244 g/mol. The minimum Gasteiger partial charge on any atom is -0.507 e. The fraction of sp³-hybridized carbons (Fsp3) is 0.455. The second kappa shape index (κ2) is 5.94. The zero-order chi connectivity index (χ0) is 10.7. The maximum atomic E-state index is 9.83. The highest BCUT2D eigenvalue weighted by atomic mass is 35.5. The molecule has 0 radical (unpaired) electrons. The first-order valence-electron chi connectivity index (χ1n) is 5.12. The molecule has 5 heteroatoms. The zero-order valence-corrected chi connectivity index (χ0v) is 10.0. The fourth-order valence-corrected chi connectivity index (χ4v) is 1.82. The van der Waals surface area contributed by atoms with Crippen molar-refractivity contribution in [2.75, 3.05) is 26.7 Å². The van der Waals surface area contributed by atoms with E-state index in [-0.39, 0.29) is 24.2 Å². The molecule has 0 bridgehead atoms. The lowest BCUT2D eigenvalue weighted by molar-refractivity contribution is 0.391. The Bertz CT molecular complexity index is 341. The molecule has 90 valence electrons. The topological polar surface area (TPSA) is 53.5 Å². The molecule has 0 aliphatic carbocycles. The van der Waals surface area contributed by atoms with E-state index in [9.17, 15) is 5.11 Å². The van der Waals surface area contributed by atoms with Crippen molar-refractivity contribution in [3.8, 4) is 11.5 Å². The first kappa shape index (κ1) is 13.1. The molecule has 2 rings (SSSR count). The molecule has 1 heterocycles. The van der Waals surface area contributed by atoms with Crippen LogP contribution < -0.4 is 15.4 Å². The van der Waals surface area contributed by atoms with Gasteiger partial charge in [0.2, 0.25) is 0 Å². The van der Waals surface area contributed by atoms with Gasteiger partial charge in [0.25, 0.3) is 0 Å². The molecule has 0 saturated carbocycles. The number of hydrogen-bond donors (Lipinski definition) is 3. The zero-order valence-electron chi connectivity index (χ0n) is 9.19. The van der Waals surface area contributed by atoms with E-state index in [4.69, 9.17) is 4.74 Å². The number of nitrogens with one attached hydrogen (secondary N) is 2. The van der Waals surface area contributed by atoms with Gasteiger partial charge < -0.3 is 20.5 Å². The molecule has 0 amide bonds. The molecular weight excluding hydrogens is 228 g/mol. The summed E-state index contributed by atoms with van der Waals surface area (Å²) in [7, 11) is 1.59. The Labute approximate surface area is 101 Å². The summed E-state index contributed by atoms with van der Waals surface area (Å²) in [6.07, 6.45) is 0. The van der Waals surface area contributed by atoms with E-state index < -0.39 is 0 Å². The molecule has 1 aromatic carbocycles. The quantitative estimate of drug-likeness (QED) is 0.728. The minimum absolute atomic E-state index is 0. The van der Waals surface area contributed by atoms with Crippen LogP contribution in [0, 0.1) is 0 Å². The smallest absolute Gasteiger partial charge is 0.124 e. The molecule has 1 aliphatic heterocycles. The van der Waals surface area contributed by atoms with Crippen LogP contribution in [0.1, 0.15) is 11.6 Å². The van der Waals surface area contributed by atoms with Crippen LogP contribution in [0.5, 0.6) is 11.5 Å². The molecule has 0 spiro atoms. The van der Waals surface area contributed by atoms with Crippen LogP contribution in [0.15, 0.2) is 18.2 Å². The van der Waals surface area contributed by atoms with Crippen molar-refractivity contribution in [1.29, 1.82) is 0 Å². The molecule has 3 N–H and O–H groups in total. The highest BCUT2D eigenvalue weighted by Gasteiger charge is 2.17. The number of halogens is 1. The Morgan fingerprint density at radius 2 is 2.19 bits per heavy atom. The number of ether oxygens (including phenoxy) is 1. The van der Waals surface area contributed by atoms with Gasteiger partial charge in [0, 0.05) is 37.3 Å². The standard InChI is InChI=1S/C11H16N2O2.ClH/c1-15-8-2-3-9(11(14)6-8)10-7-12-4-5-13-10;/h2-3,6,10,12-14H,4-5,7H2,1H3;1H/t10-;/m0./s1. The Morgan fingerprint density at radius 3 is 2.75 bits per heavy atom. The number of methoxy groups -OCH3 is 1. The normalized spacial score (nSPS) is 19.9. The molecule has 0 unspecified atom stereocenters. The summed E-state index contributed by atoms with van der Waals surface area (Å²) >= 11 is 0. The van der Waals surface area contributed by atoms with Gasteiger partial charge in [0.05, 0.1) is 7.11 Å². The molecule has 0 aromatic heterocycles. The Kier molecular flexibility index (Phi) is 4.86. The lowest BCUT2D eigenvalue weighted by atomic mass is 10.0. The average Bonchev–Trinajstić information content (AvgIpc) is 2.30. The molecule has 1 saturated heterocycles. The summed E-state index contributed by atoms with van der Waals surface area (Å²) in [6, 6.07) is 5.60. The van der Waals surface area contributed by atoms with Gasteiger partial charge in [-0.3, -0.25) is 0 Å². The maximum Gasteiger partial charge on any atom is 0.124 e. The highest BCUT2D eigenvalue weighted by molar-refractivity contribution is 5.85. The van der Waals surface area contributed by atoms with Crippen molar-refractivity contribution >= 4 is 12.4 Å². The van der Waals surface area contributed by atoms with Crippen LogP contribution in [0.2, 0.25) is 0 Å². The van der Waals surface area contributed by atoms with E-state index in [1.807, 2.05) is 12.1 Å². The average molecular weight is 245 g/mol. The van der Waals surface area contributed by atoms with Crippen LogP contribution in [0.25, 0.3) is 0 Å². The SMILES string of the molecule is COc1ccc([C@@H]2CNCCN2)c(O)c1.Cl. The number of phenolic OH excluding ortho intramolecular Hbond substituents is 1. The molecule has 1 atom stereocenters. The Balaban J connectivity index is 0.00000128. The summed E-state index contributed by atoms with van der Waals surface area (Å²) in [4.78, 5) is 0. The van der Waals surface area contributed by atoms with E-state index in [2.05, 4.69) is 10.6 Å². The van der Waals surface area contributed by atoms with E-state index in [0.717, 1.165) is 25.2 Å². The number of hydrogen-bond acceptors (Lipinski definition) is 4. The predicted molar refractivity (Wildman–Crippen MR) is 65.5 cm³/mol. The predicted octanol–water partition coefficient (Wildman–Crippen LogP) is 1.06. The van der Waals surface area contributed by atoms with Crippen molar-refractivity contribution < 1.29 is 9.84 Å². The van der Waals surface area contributed by atoms with E-state index >= 15 is 0 Å². The lowest BCUT2D eigenvalue weighted by Gasteiger charge is -2.25. The first-order chi connectivity index (χ1) is 7.31. The minimum atomic E-state index is 0. The highest BCUT2D eigenvalue weighted by Crippen LogP contribution is 2.28. The van der Waals surface area contributed by atoms with Gasteiger partial charge in [-0.2, -0.15) is 0 Å². The van der Waals surface area contributed by atoms with E-state index in [1.54, 1.807) is 13.2 Å². The summed E-state index contributed by atoms with van der Waals surface area (Å²) in [5, 5.41) is 16.5. The van der Waals surface area contributed by atoms with Crippen LogP contribution in [-0.2, 0) is 0 Å². The number of rotatable bonds is 2. The first-order valence-corrected chi connectivity index (χ1v) is 5.12.